The largest absolute Gasteiger partial charge is 0.431 e. The lowest BCUT2D eigenvalue weighted by molar-refractivity contribution is -0.140. The number of anilines is 1. The van der Waals surface area contributed by atoms with E-state index in [0.29, 0.717) is 22.9 Å². The number of hydrogen-bond donors (Lipinski definition) is 2. The highest BCUT2D eigenvalue weighted by molar-refractivity contribution is 6.29. The number of aromatic nitrogens is 4. The summed E-state index contributed by atoms with van der Waals surface area (Å²) in [5.74, 6) is 0.519. The van der Waals surface area contributed by atoms with E-state index in [2.05, 4.69) is 25.3 Å². The van der Waals surface area contributed by atoms with E-state index in [-0.39, 0.29) is 5.65 Å². The average molecular weight is 328 g/mol. The van der Waals surface area contributed by atoms with Crippen molar-refractivity contribution in [2.75, 3.05) is 5.32 Å². The number of fused-ring (bicyclic) bond motifs is 1. The van der Waals surface area contributed by atoms with Crippen molar-refractivity contribution in [3.63, 3.8) is 0 Å². The minimum atomic E-state index is -4.42. The Morgan fingerprint density at radius 3 is 2.68 bits per heavy atom. The smallest absolute Gasteiger partial charge is 0.366 e. The maximum absolute atomic E-state index is 12.6. The fourth-order valence-electron chi connectivity index (χ4n) is 1.93. The highest BCUT2D eigenvalue weighted by Gasteiger charge is 2.32. The topological polar surface area (TPSA) is 66.5 Å². The first kappa shape index (κ1) is 14.6. The monoisotopic (exact) mass is 327 g/mol. The molecule has 0 atom stereocenters. The molecule has 0 unspecified atom stereocenters. The van der Waals surface area contributed by atoms with Crippen LogP contribution in [0.4, 0.5) is 19.0 Å². The zero-order chi connectivity index (χ0) is 15.7. The van der Waals surface area contributed by atoms with Crippen molar-refractivity contribution >= 4 is 28.5 Å². The van der Waals surface area contributed by atoms with Crippen LogP contribution in [0.5, 0.6) is 0 Å². The summed E-state index contributed by atoms with van der Waals surface area (Å²) in [6, 6.07) is 4.21. The minimum Gasteiger partial charge on any atom is -0.366 e. The first-order chi connectivity index (χ1) is 10.4. The number of H-pyrrole nitrogens is 1. The molecule has 9 heteroatoms. The second-order valence-electron chi connectivity index (χ2n) is 4.54. The van der Waals surface area contributed by atoms with Gasteiger partial charge in [0.15, 0.2) is 0 Å². The molecule has 0 spiro atoms. The van der Waals surface area contributed by atoms with E-state index < -0.39 is 11.9 Å². The summed E-state index contributed by atoms with van der Waals surface area (Å²) in [6.45, 7) is 0.350. The fraction of sp³-hybridized carbons (Fsp3) is 0.154. The summed E-state index contributed by atoms with van der Waals surface area (Å²) >= 11 is 5.74. The van der Waals surface area contributed by atoms with Crippen molar-refractivity contribution in [2.24, 2.45) is 0 Å². The van der Waals surface area contributed by atoms with Crippen LogP contribution in [0.1, 0.15) is 11.3 Å². The van der Waals surface area contributed by atoms with E-state index in [1.807, 2.05) is 0 Å². The molecule has 0 saturated carbocycles. The van der Waals surface area contributed by atoms with Gasteiger partial charge in [-0.3, -0.25) is 0 Å². The molecular weight excluding hydrogens is 319 g/mol. The van der Waals surface area contributed by atoms with Crippen molar-refractivity contribution in [2.45, 2.75) is 12.7 Å². The molecular formula is C13H9ClF3N5. The maximum atomic E-state index is 12.6. The van der Waals surface area contributed by atoms with Crippen molar-refractivity contribution in [3.05, 3.63) is 47.1 Å². The van der Waals surface area contributed by atoms with E-state index in [0.717, 1.165) is 11.6 Å². The average Bonchev–Trinajstić information content (AvgIpc) is 2.88. The number of alkyl halides is 3. The summed E-state index contributed by atoms with van der Waals surface area (Å²) in [5.41, 5.74) is 0.0961. The van der Waals surface area contributed by atoms with Crippen molar-refractivity contribution in [3.8, 4) is 0 Å². The summed E-state index contributed by atoms with van der Waals surface area (Å²) in [5, 5.41) is 3.69. The van der Waals surface area contributed by atoms with Crippen LogP contribution in [0.3, 0.4) is 0 Å². The second-order valence-corrected chi connectivity index (χ2v) is 4.93. The number of nitrogens with one attached hydrogen (secondary N) is 2. The standard InChI is InChI=1S/C13H9ClF3N5/c14-10-3-11(21-6-20-10)18-4-7-1-8-2-9(13(15,16)17)22-12(8)19-5-7/h1-3,5-6H,4H2,(H,19,22)(H,18,20,21). The van der Waals surface area contributed by atoms with Crippen LogP contribution in [-0.4, -0.2) is 19.9 Å². The predicted octanol–water partition coefficient (Wildman–Crippen LogP) is 3.64. The summed E-state index contributed by atoms with van der Waals surface area (Å²) < 4.78 is 37.9. The molecule has 0 aromatic carbocycles. The second kappa shape index (κ2) is 5.45. The Balaban J connectivity index is 1.80. The molecule has 0 fully saturated rings. The van der Waals surface area contributed by atoms with Gasteiger partial charge in [0.1, 0.15) is 28.6 Å². The van der Waals surface area contributed by atoms with E-state index in [4.69, 9.17) is 11.6 Å². The number of hydrogen-bond acceptors (Lipinski definition) is 4. The molecule has 3 heterocycles. The molecule has 3 aromatic heterocycles. The predicted molar refractivity (Wildman–Crippen MR) is 75.5 cm³/mol. The minimum absolute atomic E-state index is 0.196. The SMILES string of the molecule is FC(F)(F)c1cc2cc(CNc3cc(Cl)ncn3)cnc2[nH]1. The number of aromatic amines is 1. The van der Waals surface area contributed by atoms with Crippen LogP contribution in [-0.2, 0) is 12.7 Å². The summed E-state index contributed by atoms with van der Waals surface area (Å²) in [7, 11) is 0. The Morgan fingerprint density at radius 2 is 1.95 bits per heavy atom. The van der Waals surface area contributed by atoms with Crippen LogP contribution in [0.2, 0.25) is 5.15 Å². The number of nitrogens with zero attached hydrogens (tertiary/aromatic N) is 3. The fourth-order valence-corrected chi connectivity index (χ4v) is 2.08. The first-order valence-corrected chi connectivity index (χ1v) is 6.56. The van der Waals surface area contributed by atoms with E-state index in [1.54, 1.807) is 12.1 Å². The lowest BCUT2D eigenvalue weighted by Crippen LogP contribution is -2.04. The van der Waals surface area contributed by atoms with Crippen molar-refractivity contribution < 1.29 is 13.2 Å². The van der Waals surface area contributed by atoms with Gasteiger partial charge in [-0.15, -0.1) is 0 Å². The maximum Gasteiger partial charge on any atom is 0.431 e. The van der Waals surface area contributed by atoms with Gasteiger partial charge in [-0.1, -0.05) is 11.6 Å². The van der Waals surface area contributed by atoms with Gasteiger partial charge in [-0.05, 0) is 17.7 Å². The number of rotatable bonds is 3. The molecule has 0 aliphatic rings. The zero-order valence-electron chi connectivity index (χ0n) is 10.9. The molecule has 114 valence electrons. The van der Waals surface area contributed by atoms with Gasteiger partial charge < -0.3 is 10.3 Å². The zero-order valence-corrected chi connectivity index (χ0v) is 11.7. The van der Waals surface area contributed by atoms with Crippen LogP contribution >= 0.6 is 11.6 Å². The lowest BCUT2D eigenvalue weighted by Gasteiger charge is -2.05. The molecule has 3 aromatic rings. The third kappa shape index (κ3) is 3.11. The molecule has 5 nitrogen and oxygen atoms in total. The molecule has 0 aliphatic heterocycles. The Bertz CT molecular complexity index is 815. The molecule has 0 bridgehead atoms. The van der Waals surface area contributed by atoms with Gasteiger partial charge in [-0.25, -0.2) is 15.0 Å². The molecule has 0 amide bonds. The Labute approximate surface area is 127 Å². The lowest BCUT2D eigenvalue weighted by atomic mass is 10.2. The van der Waals surface area contributed by atoms with Gasteiger partial charge in [0.2, 0.25) is 0 Å². The highest BCUT2D eigenvalue weighted by atomic mass is 35.5. The van der Waals surface area contributed by atoms with Crippen LogP contribution in [0.25, 0.3) is 11.0 Å². The Morgan fingerprint density at radius 1 is 1.14 bits per heavy atom. The molecule has 22 heavy (non-hydrogen) atoms. The van der Waals surface area contributed by atoms with Crippen LogP contribution in [0, 0.1) is 0 Å². The van der Waals surface area contributed by atoms with Crippen LogP contribution in [0.15, 0.2) is 30.7 Å². The molecule has 2 N–H and O–H groups in total. The summed E-state index contributed by atoms with van der Waals surface area (Å²) in [6.07, 6.45) is -1.61. The Hall–Kier alpha value is -2.35. The van der Waals surface area contributed by atoms with Crippen molar-refractivity contribution in [1.82, 2.24) is 19.9 Å². The molecule has 0 saturated heterocycles. The van der Waals surface area contributed by atoms with Gasteiger partial charge >= 0.3 is 6.18 Å². The molecule has 0 radical (unpaired) electrons. The number of pyridine rings is 1. The normalized spacial score (nSPS) is 11.8. The third-order valence-corrected chi connectivity index (χ3v) is 3.15. The van der Waals surface area contributed by atoms with Gasteiger partial charge in [0, 0.05) is 24.2 Å². The van der Waals surface area contributed by atoms with Crippen molar-refractivity contribution in [1.29, 1.82) is 0 Å². The molecule has 3 rings (SSSR count). The molecule has 0 aliphatic carbocycles. The van der Waals surface area contributed by atoms with Crippen LogP contribution < -0.4 is 5.32 Å². The number of halogens is 4. The highest BCUT2D eigenvalue weighted by Crippen LogP contribution is 2.30. The van der Waals surface area contributed by atoms with E-state index in [9.17, 15) is 13.2 Å². The third-order valence-electron chi connectivity index (χ3n) is 2.94. The van der Waals surface area contributed by atoms with Gasteiger partial charge in [-0.2, -0.15) is 13.2 Å². The Kier molecular flexibility index (Phi) is 3.61. The van der Waals surface area contributed by atoms with Gasteiger partial charge in [0.05, 0.1) is 0 Å². The summed E-state index contributed by atoms with van der Waals surface area (Å²) in [4.78, 5) is 14.0. The van der Waals surface area contributed by atoms with E-state index in [1.165, 1.54) is 12.5 Å². The van der Waals surface area contributed by atoms with Gasteiger partial charge in [0.25, 0.3) is 0 Å². The van der Waals surface area contributed by atoms with E-state index >= 15 is 0 Å². The first-order valence-electron chi connectivity index (χ1n) is 6.18. The quantitative estimate of drug-likeness (QED) is 0.721.